The minimum atomic E-state index is -0.103. The second-order valence-electron chi connectivity index (χ2n) is 7.50. The van der Waals surface area contributed by atoms with Crippen molar-refractivity contribution in [3.05, 3.63) is 78.6 Å². The van der Waals surface area contributed by atoms with Gasteiger partial charge in [0.25, 0.3) is 0 Å². The lowest BCUT2D eigenvalue weighted by atomic mass is 10.2. The maximum atomic E-state index is 12.6. The summed E-state index contributed by atoms with van der Waals surface area (Å²) in [6.45, 7) is 2.04. The molecule has 4 rings (SSSR count). The van der Waals surface area contributed by atoms with Crippen LogP contribution in [0.1, 0.15) is 5.56 Å². The molecule has 0 radical (unpaired) electrons. The normalized spacial score (nSPS) is 10.7. The van der Waals surface area contributed by atoms with E-state index in [0.29, 0.717) is 11.0 Å². The number of nitrogens with zero attached hydrogens (tertiary/aromatic N) is 5. The molecule has 0 atom stereocenters. The highest BCUT2D eigenvalue weighted by Crippen LogP contribution is 2.28. The molecule has 162 valence electrons. The van der Waals surface area contributed by atoms with Gasteiger partial charge in [-0.3, -0.25) is 14.3 Å². The zero-order valence-corrected chi connectivity index (χ0v) is 19.0. The van der Waals surface area contributed by atoms with Crippen LogP contribution in [0.3, 0.4) is 0 Å². The van der Waals surface area contributed by atoms with E-state index in [4.69, 9.17) is 0 Å². The van der Waals surface area contributed by atoms with Gasteiger partial charge in [-0.1, -0.05) is 29.5 Å². The quantitative estimate of drug-likeness (QED) is 0.425. The summed E-state index contributed by atoms with van der Waals surface area (Å²) < 4.78 is 1.96. The van der Waals surface area contributed by atoms with Gasteiger partial charge in [-0.05, 0) is 55.5 Å². The van der Waals surface area contributed by atoms with Crippen LogP contribution in [0.4, 0.5) is 11.4 Å². The molecule has 0 saturated carbocycles. The van der Waals surface area contributed by atoms with Gasteiger partial charge in [0.15, 0.2) is 11.0 Å². The molecule has 0 spiro atoms. The van der Waals surface area contributed by atoms with Crippen molar-refractivity contribution in [3.63, 3.8) is 0 Å². The summed E-state index contributed by atoms with van der Waals surface area (Å²) in [7, 11) is 3.96. The summed E-state index contributed by atoms with van der Waals surface area (Å²) in [6, 6.07) is 19.7. The Morgan fingerprint density at radius 3 is 2.44 bits per heavy atom. The van der Waals surface area contributed by atoms with Gasteiger partial charge in [0.1, 0.15) is 0 Å². The Morgan fingerprint density at radius 2 is 1.78 bits per heavy atom. The zero-order chi connectivity index (χ0) is 22.5. The number of rotatable bonds is 7. The maximum absolute atomic E-state index is 12.6. The molecule has 0 aliphatic carbocycles. The number of pyridine rings is 1. The lowest BCUT2D eigenvalue weighted by Gasteiger charge is -2.13. The highest BCUT2D eigenvalue weighted by Gasteiger charge is 2.17. The molecule has 0 saturated heterocycles. The van der Waals surface area contributed by atoms with Crippen molar-refractivity contribution in [1.29, 1.82) is 0 Å². The first kappa shape index (κ1) is 21.6. The van der Waals surface area contributed by atoms with Crippen LogP contribution in [-0.2, 0) is 4.79 Å². The van der Waals surface area contributed by atoms with Crippen LogP contribution in [0, 0.1) is 6.92 Å². The summed E-state index contributed by atoms with van der Waals surface area (Å²) in [5.74, 6) is 0.796. The Kier molecular flexibility index (Phi) is 6.51. The first-order chi connectivity index (χ1) is 15.5. The number of carbonyl (C=O) groups is 1. The van der Waals surface area contributed by atoms with Crippen LogP contribution in [0.15, 0.2) is 78.2 Å². The van der Waals surface area contributed by atoms with Crippen molar-refractivity contribution in [1.82, 2.24) is 19.7 Å². The number of hydrogen-bond donors (Lipinski definition) is 1. The Labute approximate surface area is 191 Å². The second-order valence-corrected chi connectivity index (χ2v) is 8.44. The van der Waals surface area contributed by atoms with Crippen LogP contribution in [0.2, 0.25) is 0 Å². The van der Waals surface area contributed by atoms with E-state index in [1.54, 1.807) is 12.4 Å². The third-order valence-corrected chi connectivity index (χ3v) is 5.77. The van der Waals surface area contributed by atoms with Crippen molar-refractivity contribution in [3.8, 4) is 17.1 Å². The number of aryl methyl sites for hydroxylation is 1. The fourth-order valence-corrected chi connectivity index (χ4v) is 3.89. The monoisotopic (exact) mass is 444 g/mol. The van der Waals surface area contributed by atoms with Crippen LogP contribution in [0.5, 0.6) is 0 Å². The summed E-state index contributed by atoms with van der Waals surface area (Å²) in [5.41, 5.74) is 4.79. The van der Waals surface area contributed by atoms with E-state index in [0.717, 1.165) is 22.6 Å². The minimum absolute atomic E-state index is 0.103. The fraction of sp³-hybridized carbons (Fsp3) is 0.167. The van der Waals surface area contributed by atoms with Gasteiger partial charge in [0, 0.05) is 49.1 Å². The number of benzene rings is 2. The number of amides is 1. The molecular formula is C24H24N6OS. The van der Waals surface area contributed by atoms with Crippen molar-refractivity contribution in [2.75, 3.05) is 30.1 Å². The smallest absolute Gasteiger partial charge is 0.234 e. The molecule has 0 aliphatic heterocycles. The van der Waals surface area contributed by atoms with Gasteiger partial charge in [-0.15, -0.1) is 10.2 Å². The van der Waals surface area contributed by atoms with Crippen LogP contribution in [-0.4, -0.2) is 45.5 Å². The zero-order valence-electron chi connectivity index (χ0n) is 18.2. The molecule has 2 aromatic carbocycles. The van der Waals surface area contributed by atoms with Crippen molar-refractivity contribution in [2.24, 2.45) is 0 Å². The number of carbonyl (C=O) groups excluding carboxylic acids is 1. The van der Waals surface area contributed by atoms with E-state index in [2.05, 4.69) is 20.5 Å². The SMILES string of the molecule is Cc1ccc(-n2c(SCC(=O)Nc3ccc(N(C)C)cc3)nnc2-c2cccnc2)cc1. The fourth-order valence-electron chi connectivity index (χ4n) is 3.14. The van der Waals surface area contributed by atoms with Gasteiger partial charge in [-0.25, -0.2) is 0 Å². The second kappa shape index (κ2) is 9.65. The van der Waals surface area contributed by atoms with Crippen molar-refractivity contribution < 1.29 is 4.79 Å². The average Bonchev–Trinajstić information content (AvgIpc) is 3.23. The molecule has 0 aliphatic rings. The predicted molar refractivity (Wildman–Crippen MR) is 129 cm³/mol. The van der Waals surface area contributed by atoms with Gasteiger partial charge < -0.3 is 10.2 Å². The van der Waals surface area contributed by atoms with E-state index in [1.807, 2.05) is 91.1 Å². The van der Waals surface area contributed by atoms with E-state index in [1.165, 1.54) is 17.3 Å². The average molecular weight is 445 g/mol. The van der Waals surface area contributed by atoms with E-state index in [9.17, 15) is 4.79 Å². The van der Waals surface area contributed by atoms with Crippen LogP contribution >= 0.6 is 11.8 Å². The van der Waals surface area contributed by atoms with Crippen molar-refractivity contribution >= 4 is 29.0 Å². The Hall–Kier alpha value is -3.65. The van der Waals surface area contributed by atoms with Gasteiger partial charge >= 0.3 is 0 Å². The summed E-state index contributed by atoms with van der Waals surface area (Å²) in [5, 5.41) is 12.3. The lowest BCUT2D eigenvalue weighted by Crippen LogP contribution is -2.15. The molecule has 2 aromatic heterocycles. The van der Waals surface area contributed by atoms with Gasteiger partial charge in [0.2, 0.25) is 5.91 Å². The molecular weight excluding hydrogens is 420 g/mol. The van der Waals surface area contributed by atoms with Crippen LogP contribution in [0.25, 0.3) is 17.1 Å². The van der Waals surface area contributed by atoms with Crippen molar-refractivity contribution in [2.45, 2.75) is 12.1 Å². The van der Waals surface area contributed by atoms with E-state index < -0.39 is 0 Å². The third kappa shape index (κ3) is 4.97. The molecule has 8 heteroatoms. The molecule has 1 N–H and O–H groups in total. The van der Waals surface area contributed by atoms with E-state index >= 15 is 0 Å². The third-order valence-electron chi connectivity index (χ3n) is 4.85. The predicted octanol–water partition coefficient (Wildman–Crippen LogP) is 4.43. The van der Waals surface area contributed by atoms with Gasteiger partial charge in [0.05, 0.1) is 5.75 Å². The summed E-state index contributed by atoms with van der Waals surface area (Å²) in [4.78, 5) is 18.8. The Bertz CT molecular complexity index is 1190. The molecule has 32 heavy (non-hydrogen) atoms. The minimum Gasteiger partial charge on any atom is -0.378 e. The Balaban J connectivity index is 1.53. The number of hydrogen-bond acceptors (Lipinski definition) is 6. The standard InChI is InChI=1S/C24H24N6OS/c1-17-6-10-21(11-7-17)30-23(18-5-4-14-25-15-18)27-28-24(30)32-16-22(31)26-19-8-12-20(13-9-19)29(2)3/h4-15H,16H2,1-3H3,(H,26,31). The van der Waals surface area contributed by atoms with Crippen LogP contribution < -0.4 is 10.2 Å². The topological polar surface area (TPSA) is 75.9 Å². The molecule has 7 nitrogen and oxygen atoms in total. The molecule has 0 unspecified atom stereocenters. The number of nitrogens with one attached hydrogen (secondary N) is 1. The highest BCUT2D eigenvalue weighted by molar-refractivity contribution is 7.99. The lowest BCUT2D eigenvalue weighted by molar-refractivity contribution is -0.113. The number of anilines is 2. The first-order valence-electron chi connectivity index (χ1n) is 10.1. The highest BCUT2D eigenvalue weighted by atomic mass is 32.2. The van der Waals surface area contributed by atoms with Gasteiger partial charge in [-0.2, -0.15) is 0 Å². The Morgan fingerprint density at radius 1 is 1.03 bits per heavy atom. The summed E-state index contributed by atoms with van der Waals surface area (Å²) in [6.07, 6.45) is 3.48. The molecule has 0 fully saturated rings. The molecule has 2 heterocycles. The summed E-state index contributed by atoms with van der Waals surface area (Å²) >= 11 is 1.35. The number of thioether (sulfide) groups is 1. The first-order valence-corrected chi connectivity index (χ1v) is 11.1. The molecule has 0 bridgehead atoms. The number of aromatic nitrogens is 4. The van der Waals surface area contributed by atoms with E-state index in [-0.39, 0.29) is 11.7 Å². The molecule has 1 amide bonds. The maximum Gasteiger partial charge on any atom is 0.234 e. The largest absolute Gasteiger partial charge is 0.378 e. The molecule has 4 aromatic rings.